The van der Waals surface area contributed by atoms with E-state index in [1.165, 1.54) is 20.0 Å². The summed E-state index contributed by atoms with van der Waals surface area (Å²) < 4.78 is 9.75. The molecular weight excluding hydrogens is 442 g/mol. The zero-order chi connectivity index (χ0) is 25.5. The summed E-state index contributed by atoms with van der Waals surface area (Å²) in [7, 11) is 1.29. The van der Waals surface area contributed by atoms with Crippen molar-refractivity contribution in [3.8, 4) is 11.1 Å². The first kappa shape index (κ1) is 28.0. The molecule has 2 rings (SSSR count). The molecule has 6 heteroatoms. The van der Waals surface area contributed by atoms with Crippen molar-refractivity contribution in [2.75, 3.05) is 20.3 Å². The minimum atomic E-state index is -0.554. The van der Waals surface area contributed by atoms with Crippen LogP contribution in [0.4, 0.5) is 0 Å². The van der Waals surface area contributed by atoms with Gasteiger partial charge in [-0.15, -0.1) is 0 Å². The van der Waals surface area contributed by atoms with Crippen LogP contribution in [0.15, 0.2) is 54.1 Å². The second-order valence-corrected chi connectivity index (χ2v) is 8.42. The van der Waals surface area contributed by atoms with Gasteiger partial charge in [-0.05, 0) is 47.7 Å². The van der Waals surface area contributed by atoms with E-state index in [-0.39, 0.29) is 24.4 Å². The Morgan fingerprint density at radius 3 is 2.40 bits per heavy atom. The topological polar surface area (TPSA) is 81.7 Å². The van der Waals surface area contributed by atoms with Crippen molar-refractivity contribution in [3.63, 3.8) is 0 Å². The molecule has 0 amide bonds. The largest absolute Gasteiger partial charge is 0.466 e. The van der Waals surface area contributed by atoms with Crippen LogP contribution in [0.2, 0.25) is 0 Å². The molecule has 0 radical (unpaired) electrons. The first-order valence-corrected chi connectivity index (χ1v) is 12.3. The minimum Gasteiger partial charge on any atom is -0.466 e. The molecule has 0 spiro atoms. The maximum absolute atomic E-state index is 12.1. The molecule has 0 aliphatic heterocycles. The molecule has 2 aromatic rings. The predicted molar refractivity (Wildman–Crippen MR) is 139 cm³/mol. The van der Waals surface area contributed by atoms with E-state index in [0.717, 1.165) is 35.1 Å². The lowest BCUT2D eigenvalue weighted by Gasteiger charge is -2.08. The smallest absolute Gasteiger partial charge is 0.334 e. The summed E-state index contributed by atoms with van der Waals surface area (Å²) in [6, 6.07) is 15.9. The molecule has 0 saturated carbocycles. The standard InChI is InChI=1S/C29H37NO5/c1-4-6-7-8-12-27(31)21-30-20-23-10-9-11-25(18-23)24-15-13-22(14-16-24)17-26(29(33)34-3)19-28(32)35-5-2/h9-11,13-18,30H,4-8,12,19-21H2,1-3H3/b26-17+. The maximum atomic E-state index is 12.1. The summed E-state index contributed by atoms with van der Waals surface area (Å²) in [5.41, 5.74) is 4.22. The van der Waals surface area contributed by atoms with E-state index >= 15 is 0 Å². The van der Waals surface area contributed by atoms with Crippen LogP contribution in [0.5, 0.6) is 0 Å². The first-order chi connectivity index (χ1) is 17.0. The molecule has 2 aromatic carbocycles. The summed E-state index contributed by atoms with van der Waals surface area (Å²) in [6.45, 7) is 5.17. The van der Waals surface area contributed by atoms with Crippen molar-refractivity contribution in [2.45, 2.75) is 58.9 Å². The normalized spacial score (nSPS) is 11.2. The van der Waals surface area contributed by atoms with Gasteiger partial charge >= 0.3 is 11.9 Å². The second kappa shape index (κ2) is 15.6. The fraction of sp³-hybridized carbons (Fsp3) is 0.414. The molecule has 0 saturated heterocycles. The second-order valence-electron chi connectivity index (χ2n) is 8.42. The highest BCUT2D eigenvalue weighted by atomic mass is 16.5. The number of hydrogen-bond acceptors (Lipinski definition) is 6. The lowest BCUT2D eigenvalue weighted by atomic mass is 10.0. The van der Waals surface area contributed by atoms with Crippen molar-refractivity contribution in [3.05, 3.63) is 65.2 Å². The summed E-state index contributed by atoms with van der Waals surface area (Å²) in [4.78, 5) is 35.9. The van der Waals surface area contributed by atoms with Gasteiger partial charge in [-0.2, -0.15) is 0 Å². The SMILES string of the molecule is CCCCCCC(=O)CNCc1cccc(-c2ccc(/C=C(\CC(=O)OCC)C(=O)OC)cc2)c1. The van der Waals surface area contributed by atoms with Crippen LogP contribution < -0.4 is 5.32 Å². The molecule has 35 heavy (non-hydrogen) atoms. The summed E-state index contributed by atoms with van der Waals surface area (Å²) in [6.07, 6.45) is 6.60. The quantitative estimate of drug-likeness (QED) is 0.207. The number of benzene rings is 2. The number of esters is 2. The highest BCUT2D eigenvalue weighted by Crippen LogP contribution is 2.22. The Morgan fingerprint density at radius 1 is 0.943 bits per heavy atom. The minimum absolute atomic E-state index is 0.140. The Morgan fingerprint density at radius 2 is 1.71 bits per heavy atom. The van der Waals surface area contributed by atoms with Gasteiger partial charge in [0.25, 0.3) is 0 Å². The Labute approximate surface area is 208 Å². The number of Topliss-reactive ketones (excluding diaryl/α,β-unsaturated/α-hetero) is 1. The lowest BCUT2D eigenvalue weighted by Crippen LogP contribution is -2.22. The lowest BCUT2D eigenvalue weighted by molar-refractivity contribution is -0.145. The third-order valence-corrected chi connectivity index (χ3v) is 5.56. The fourth-order valence-electron chi connectivity index (χ4n) is 3.70. The highest BCUT2D eigenvalue weighted by molar-refractivity contribution is 5.98. The third kappa shape index (κ3) is 10.3. The molecule has 0 heterocycles. The van der Waals surface area contributed by atoms with Crippen molar-refractivity contribution < 1.29 is 23.9 Å². The zero-order valence-electron chi connectivity index (χ0n) is 21.1. The summed E-state index contributed by atoms with van der Waals surface area (Å²) in [5, 5.41) is 3.25. The van der Waals surface area contributed by atoms with Gasteiger partial charge in [0.05, 0.1) is 26.7 Å². The molecule has 0 aromatic heterocycles. The maximum Gasteiger partial charge on any atom is 0.334 e. The Kier molecular flexibility index (Phi) is 12.5. The van der Waals surface area contributed by atoms with Crippen LogP contribution in [-0.4, -0.2) is 38.0 Å². The van der Waals surface area contributed by atoms with Crippen LogP contribution in [0.1, 0.15) is 63.5 Å². The molecule has 0 atom stereocenters. The van der Waals surface area contributed by atoms with Crippen molar-refractivity contribution in [1.29, 1.82) is 0 Å². The van der Waals surface area contributed by atoms with Crippen LogP contribution in [0.25, 0.3) is 17.2 Å². The van der Waals surface area contributed by atoms with Gasteiger partial charge in [0.2, 0.25) is 0 Å². The van der Waals surface area contributed by atoms with E-state index in [1.807, 2.05) is 42.5 Å². The van der Waals surface area contributed by atoms with Gasteiger partial charge in [-0.3, -0.25) is 9.59 Å². The Balaban J connectivity index is 1.99. The molecule has 6 nitrogen and oxygen atoms in total. The monoisotopic (exact) mass is 479 g/mol. The molecule has 1 N–H and O–H groups in total. The van der Waals surface area contributed by atoms with Gasteiger partial charge in [-0.25, -0.2) is 4.79 Å². The van der Waals surface area contributed by atoms with E-state index < -0.39 is 11.9 Å². The number of carbonyl (C=O) groups is 3. The van der Waals surface area contributed by atoms with Crippen LogP contribution >= 0.6 is 0 Å². The zero-order valence-corrected chi connectivity index (χ0v) is 21.1. The third-order valence-electron chi connectivity index (χ3n) is 5.56. The van der Waals surface area contributed by atoms with E-state index in [1.54, 1.807) is 13.0 Å². The van der Waals surface area contributed by atoms with E-state index in [4.69, 9.17) is 9.47 Å². The van der Waals surface area contributed by atoms with Gasteiger partial charge in [0, 0.05) is 18.5 Å². The number of rotatable bonds is 15. The molecule has 0 aliphatic carbocycles. The number of ether oxygens (including phenoxy) is 2. The van der Waals surface area contributed by atoms with Gasteiger partial charge in [-0.1, -0.05) is 68.7 Å². The van der Waals surface area contributed by atoms with Gasteiger partial charge in [0.1, 0.15) is 5.78 Å². The molecule has 0 unspecified atom stereocenters. The fourth-order valence-corrected chi connectivity index (χ4v) is 3.70. The number of nitrogens with one attached hydrogen (secondary N) is 1. The number of hydrogen-bond donors (Lipinski definition) is 1. The van der Waals surface area contributed by atoms with E-state index in [2.05, 4.69) is 18.3 Å². The Bertz CT molecular complexity index is 994. The van der Waals surface area contributed by atoms with Crippen LogP contribution in [-0.2, 0) is 30.4 Å². The molecule has 188 valence electrons. The molecular formula is C29H37NO5. The highest BCUT2D eigenvalue weighted by Gasteiger charge is 2.15. The molecule has 0 bridgehead atoms. The number of unbranched alkanes of at least 4 members (excludes halogenated alkanes) is 3. The molecule has 0 aliphatic rings. The number of methoxy groups -OCH3 is 1. The molecule has 0 fully saturated rings. The van der Waals surface area contributed by atoms with Crippen molar-refractivity contribution in [1.82, 2.24) is 5.32 Å². The first-order valence-electron chi connectivity index (χ1n) is 12.3. The van der Waals surface area contributed by atoms with E-state index in [9.17, 15) is 14.4 Å². The van der Waals surface area contributed by atoms with Crippen molar-refractivity contribution >= 4 is 23.8 Å². The van der Waals surface area contributed by atoms with Crippen molar-refractivity contribution in [2.24, 2.45) is 0 Å². The Hall–Kier alpha value is -3.25. The number of ketones is 1. The summed E-state index contributed by atoms with van der Waals surface area (Å²) in [5.74, 6) is -0.763. The van der Waals surface area contributed by atoms with Crippen LogP contribution in [0.3, 0.4) is 0 Å². The van der Waals surface area contributed by atoms with Gasteiger partial charge in [0.15, 0.2) is 0 Å². The van der Waals surface area contributed by atoms with Gasteiger partial charge < -0.3 is 14.8 Å². The van der Waals surface area contributed by atoms with Crippen LogP contribution in [0, 0.1) is 0 Å². The predicted octanol–water partition coefficient (Wildman–Crippen LogP) is 5.49. The van der Waals surface area contributed by atoms with E-state index in [0.29, 0.717) is 19.5 Å². The average molecular weight is 480 g/mol. The average Bonchev–Trinajstić information content (AvgIpc) is 2.86. The number of carbonyl (C=O) groups excluding carboxylic acids is 3. The summed E-state index contributed by atoms with van der Waals surface area (Å²) >= 11 is 0.